The van der Waals surface area contributed by atoms with Gasteiger partial charge in [0, 0.05) is 17.8 Å². The molecule has 0 saturated carbocycles. The highest BCUT2D eigenvalue weighted by atomic mass is 16.3. The second kappa shape index (κ2) is 7.11. The number of carbonyl (C=O) groups is 2. The van der Waals surface area contributed by atoms with Gasteiger partial charge in [0.05, 0.1) is 6.26 Å². The number of anilines is 2. The second-order valence-corrected chi connectivity index (χ2v) is 5.62. The van der Waals surface area contributed by atoms with E-state index in [9.17, 15) is 9.59 Å². The van der Waals surface area contributed by atoms with Crippen molar-refractivity contribution in [2.24, 2.45) is 5.92 Å². The van der Waals surface area contributed by atoms with E-state index in [0.717, 1.165) is 25.2 Å². The van der Waals surface area contributed by atoms with E-state index in [1.54, 1.807) is 36.4 Å². The van der Waals surface area contributed by atoms with Crippen LogP contribution in [0.15, 0.2) is 47.1 Å². The third-order valence-electron chi connectivity index (χ3n) is 3.81. The molecule has 23 heavy (non-hydrogen) atoms. The smallest absolute Gasteiger partial charge is 0.291 e. The van der Waals surface area contributed by atoms with Gasteiger partial charge in [0.15, 0.2) is 5.76 Å². The standard InChI is InChI=1S/C17H19N3O3/c21-16(10-12-7-8-18-11-12)19-13-3-5-14(6-4-13)20-17(22)15-2-1-9-23-15/h1-6,9,12,18H,7-8,10-11H2,(H,19,21)(H,20,22). The first-order chi connectivity index (χ1) is 11.2. The third kappa shape index (κ3) is 4.20. The highest BCUT2D eigenvalue weighted by Gasteiger charge is 2.18. The Bertz CT molecular complexity index is 659. The van der Waals surface area contributed by atoms with Crippen LogP contribution in [0, 0.1) is 5.92 Å². The van der Waals surface area contributed by atoms with E-state index in [4.69, 9.17) is 4.42 Å². The largest absolute Gasteiger partial charge is 0.459 e. The fraction of sp³-hybridized carbons (Fsp3) is 0.294. The summed E-state index contributed by atoms with van der Waals surface area (Å²) in [4.78, 5) is 23.8. The van der Waals surface area contributed by atoms with E-state index in [2.05, 4.69) is 16.0 Å². The molecule has 3 rings (SSSR count). The van der Waals surface area contributed by atoms with E-state index in [1.807, 2.05) is 0 Å². The van der Waals surface area contributed by atoms with Gasteiger partial charge in [-0.1, -0.05) is 0 Å². The molecule has 2 heterocycles. The van der Waals surface area contributed by atoms with Crippen molar-refractivity contribution < 1.29 is 14.0 Å². The molecule has 2 aromatic rings. The molecule has 6 nitrogen and oxygen atoms in total. The first-order valence-electron chi connectivity index (χ1n) is 7.66. The molecule has 1 fully saturated rings. The molecule has 0 radical (unpaired) electrons. The summed E-state index contributed by atoms with van der Waals surface area (Å²) in [5.74, 6) is 0.390. The Kier molecular flexibility index (Phi) is 4.73. The summed E-state index contributed by atoms with van der Waals surface area (Å²) in [6.45, 7) is 1.90. The first kappa shape index (κ1) is 15.3. The van der Waals surface area contributed by atoms with Crippen molar-refractivity contribution >= 4 is 23.2 Å². The average Bonchev–Trinajstić information content (AvgIpc) is 3.22. The van der Waals surface area contributed by atoms with Crippen LogP contribution in [-0.2, 0) is 4.79 Å². The predicted octanol–water partition coefficient (Wildman–Crippen LogP) is 2.47. The highest BCUT2D eigenvalue weighted by Crippen LogP contribution is 2.17. The van der Waals surface area contributed by atoms with Gasteiger partial charge >= 0.3 is 0 Å². The zero-order valence-electron chi connectivity index (χ0n) is 12.7. The highest BCUT2D eigenvalue weighted by molar-refractivity contribution is 6.02. The van der Waals surface area contributed by atoms with E-state index in [-0.39, 0.29) is 17.6 Å². The summed E-state index contributed by atoms with van der Waals surface area (Å²) >= 11 is 0. The van der Waals surface area contributed by atoms with Crippen LogP contribution < -0.4 is 16.0 Å². The molecule has 6 heteroatoms. The number of hydrogen-bond acceptors (Lipinski definition) is 4. The molecule has 1 aliphatic rings. The van der Waals surface area contributed by atoms with Crippen molar-refractivity contribution in [2.75, 3.05) is 23.7 Å². The second-order valence-electron chi connectivity index (χ2n) is 5.62. The molecule has 2 amide bonds. The molecule has 120 valence electrons. The monoisotopic (exact) mass is 313 g/mol. The van der Waals surface area contributed by atoms with Crippen LogP contribution in [0.25, 0.3) is 0 Å². The number of nitrogens with one attached hydrogen (secondary N) is 3. The van der Waals surface area contributed by atoms with Crippen LogP contribution in [0.5, 0.6) is 0 Å². The lowest BCUT2D eigenvalue weighted by atomic mass is 10.0. The van der Waals surface area contributed by atoms with Gasteiger partial charge in [-0.05, 0) is 61.8 Å². The number of rotatable bonds is 5. The maximum Gasteiger partial charge on any atom is 0.291 e. The summed E-state index contributed by atoms with van der Waals surface area (Å²) in [6, 6.07) is 10.3. The van der Waals surface area contributed by atoms with Crippen LogP contribution in [0.4, 0.5) is 11.4 Å². The number of benzene rings is 1. The van der Waals surface area contributed by atoms with Gasteiger partial charge in [-0.25, -0.2) is 0 Å². The number of furan rings is 1. The van der Waals surface area contributed by atoms with Crippen molar-refractivity contribution in [3.63, 3.8) is 0 Å². The Balaban J connectivity index is 1.52. The lowest BCUT2D eigenvalue weighted by Gasteiger charge is -2.10. The molecule has 1 atom stereocenters. The maximum atomic E-state index is 12.0. The van der Waals surface area contributed by atoms with Gasteiger partial charge in [-0.15, -0.1) is 0 Å². The van der Waals surface area contributed by atoms with Gasteiger partial charge in [0.25, 0.3) is 5.91 Å². The van der Waals surface area contributed by atoms with Crippen LogP contribution in [0.1, 0.15) is 23.4 Å². The normalized spacial score (nSPS) is 17.0. The van der Waals surface area contributed by atoms with E-state index in [1.165, 1.54) is 6.26 Å². The molecule has 1 unspecified atom stereocenters. The SMILES string of the molecule is O=C(CC1CCNC1)Nc1ccc(NC(=O)c2ccco2)cc1. The van der Waals surface area contributed by atoms with Crippen LogP contribution >= 0.6 is 0 Å². The Labute approximate surface area is 134 Å². The maximum absolute atomic E-state index is 12.0. The molecular weight excluding hydrogens is 294 g/mol. The molecule has 1 aromatic carbocycles. The van der Waals surface area contributed by atoms with Gasteiger partial charge in [-0.2, -0.15) is 0 Å². The molecular formula is C17H19N3O3. The van der Waals surface area contributed by atoms with Gasteiger partial charge in [0.1, 0.15) is 0 Å². The Morgan fingerprint density at radius 1 is 1.13 bits per heavy atom. The minimum absolute atomic E-state index is 0.0195. The molecule has 0 bridgehead atoms. The fourth-order valence-corrected chi connectivity index (χ4v) is 2.60. The van der Waals surface area contributed by atoms with Gasteiger partial charge in [0.2, 0.25) is 5.91 Å². The fourth-order valence-electron chi connectivity index (χ4n) is 2.60. The zero-order valence-corrected chi connectivity index (χ0v) is 12.7. The van der Waals surface area contributed by atoms with Crippen LogP contribution in [0.3, 0.4) is 0 Å². The molecule has 0 aliphatic carbocycles. The third-order valence-corrected chi connectivity index (χ3v) is 3.81. The topological polar surface area (TPSA) is 83.4 Å². The van der Waals surface area contributed by atoms with Crippen molar-refractivity contribution in [2.45, 2.75) is 12.8 Å². The summed E-state index contributed by atoms with van der Waals surface area (Å²) in [6.07, 6.45) is 3.03. The lowest BCUT2D eigenvalue weighted by molar-refractivity contribution is -0.116. The molecule has 1 saturated heterocycles. The summed E-state index contributed by atoms with van der Waals surface area (Å²) < 4.78 is 5.03. The molecule has 3 N–H and O–H groups in total. The average molecular weight is 313 g/mol. The van der Waals surface area contributed by atoms with Crippen molar-refractivity contribution in [1.29, 1.82) is 0 Å². The number of carbonyl (C=O) groups excluding carboxylic acids is 2. The minimum Gasteiger partial charge on any atom is -0.459 e. The minimum atomic E-state index is -0.305. The van der Waals surface area contributed by atoms with Gasteiger partial charge in [-0.3, -0.25) is 9.59 Å². The molecule has 0 spiro atoms. The van der Waals surface area contributed by atoms with E-state index >= 15 is 0 Å². The van der Waals surface area contributed by atoms with Crippen molar-refractivity contribution in [3.8, 4) is 0 Å². The Morgan fingerprint density at radius 3 is 2.48 bits per heavy atom. The Hall–Kier alpha value is -2.60. The van der Waals surface area contributed by atoms with Gasteiger partial charge < -0.3 is 20.4 Å². The zero-order chi connectivity index (χ0) is 16.1. The molecule has 1 aromatic heterocycles. The van der Waals surface area contributed by atoms with E-state index in [0.29, 0.717) is 18.0 Å². The lowest BCUT2D eigenvalue weighted by Crippen LogP contribution is -2.18. The summed E-state index contributed by atoms with van der Waals surface area (Å²) in [7, 11) is 0. The summed E-state index contributed by atoms with van der Waals surface area (Å²) in [5.41, 5.74) is 1.36. The van der Waals surface area contributed by atoms with Crippen LogP contribution in [0.2, 0.25) is 0 Å². The predicted molar refractivity (Wildman–Crippen MR) is 87.3 cm³/mol. The Morgan fingerprint density at radius 2 is 1.87 bits per heavy atom. The van der Waals surface area contributed by atoms with Crippen molar-refractivity contribution in [3.05, 3.63) is 48.4 Å². The van der Waals surface area contributed by atoms with Crippen LogP contribution in [-0.4, -0.2) is 24.9 Å². The first-order valence-corrected chi connectivity index (χ1v) is 7.66. The number of amides is 2. The summed E-state index contributed by atoms with van der Waals surface area (Å²) in [5, 5.41) is 8.86. The van der Waals surface area contributed by atoms with Crippen molar-refractivity contribution in [1.82, 2.24) is 5.32 Å². The number of hydrogen-bond donors (Lipinski definition) is 3. The quantitative estimate of drug-likeness (QED) is 0.792. The van der Waals surface area contributed by atoms with E-state index < -0.39 is 0 Å². The molecule has 1 aliphatic heterocycles.